The molecule has 1 aromatic carbocycles. The lowest BCUT2D eigenvalue weighted by Gasteiger charge is -2.09. The fraction of sp³-hybridized carbons (Fsp3) is 0.188. The summed E-state index contributed by atoms with van der Waals surface area (Å²) >= 11 is 1.15. The second-order valence-corrected chi connectivity index (χ2v) is 7.47. The molecule has 0 spiro atoms. The molecule has 0 radical (unpaired) electrons. The average Bonchev–Trinajstić information content (AvgIpc) is 3.01. The predicted octanol–water partition coefficient (Wildman–Crippen LogP) is 4.02. The second-order valence-electron chi connectivity index (χ2n) is 5.22. The van der Waals surface area contributed by atoms with Crippen LogP contribution in [0.3, 0.4) is 0 Å². The van der Waals surface area contributed by atoms with Gasteiger partial charge in [-0.3, -0.25) is 15.0 Å². The number of thiophene rings is 1. The number of halogens is 3. The zero-order valence-electron chi connectivity index (χ0n) is 13.3. The van der Waals surface area contributed by atoms with Crippen LogP contribution >= 0.6 is 23.1 Å². The highest BCUT2D eigenvalue weighted by Gasteiger charge is 2.29. The molecule has 0 atom stereocenters. The van der Waals surface area contributed by atoms with E-state index in [9.17, 15) is 22.8 Å². The number of hydrogen-bond donors (Lipinski definition) is 1. The van der Waals surface area contributed by atoms with Crippen molar-refractivity contribution in [1.82, 2.24) is 9.66 Å². The van der Waals surface area contributed by atoms with Gasteiger partial charge in [0, 0.05) is 15.3 Å². The molecule has 0 aliphatic rings. The van der Waals surface area contributed by atoms with Gasteiger partial charge < -0.3 is 0 Å². The van der Waals surface area contributed by atoms with Crippen LogP contribution in [0.25, 0.3) is 10.2 Å². The first kappa shape index (κ1) is 18.5. The molecule has 0 aliphatic heterocycles. The van der Waals surface area contributed by atoms with Crippen molar-refractivity contribution in [2.24, 2.45) is 0 Å². The van der Waals surface area contributed by atoms with Gasteiger partial charge in [-0.05, 0) is 48.5 Å². The molecule has 3 aromatic rings. The lowest BCUT2D eigenvalue weighted by atomic mass is 10.2. The maximum absolute atomic E-state index is 12.4. The Labute approximate surface area is 153 Å². The summed E-state index contributed by atoms with van der Waals surface area (Å²) in [5.74, 6) is -0.622. The summed E-state index contributed by atoms with van der Waals surface area (Å²) in [5.41, 5.74) is -2.29. The van der Waals surface area contributed by atoms with Gasteiger partial charge in [-0.25, -0.2) is 9.66 Å². The topological polar surface area (TPSA) is 64.0 Å². The van der Waals surface area contributed by atoms with Crippen LogP contribution in [0.1, 0.15) is 22.2 Å². The highest BCUT2D eigenvalue weighted by Crippen LogP contribution is 2.36. The van der Waals surface area contributed by atoms with Gasteiger partial charge in [-0.15, -0.1) is 11.3 Å². The van der Waals surface area contributed by atoms with E-state index in [1.165, 1.54) is 41.9 Å². The summed E-state index contributed by atoms with van der Waals surface area (Å²) in [6.45, 7) is 1.96. The molecule has 2 aromatic heterocycles. The van der Waals surface area contributed by atoms with Gasteiger partial charge in [0.2, 0.25) is 0 Å². The number of aryl methyl sites for hydroxylation is 1. The molecule has 5 nitrogen and oxygen atoms in total. The smallest absolute Gasteiger partial charge is 0.267 e. The quantitative estimate of drug-likeness (QED) is 0.673. The number of benzene rings is 1. The van der Waals surface area contributed by atoms with Crippen molar-refractivity contribution in [3.05, 3.63) is 57.5 Å². The van der Waals surface area contributed by atoms with Crippen LogP contribution in [0.15, 0.2) is 46.3 Å². The van der Waals surface area contributed by atoms with Gasteiger partial charge >= 0.3 is 5.51 Å². The standard InChI is InChI=1S/C16H12F3N3O2S2/c1-2-10-7-12-14(25-10)20-8-22(15(12)24)21-13(23)9-3-5-11(6-4-9)26-16(17,18)19/h3-8H,2H2,1H3,(H,21,23). The molecular formula is C16H12F3N3O2S2. The Hall–Kier alpha value is -2.33. The van der Waals surface area contributed by atoms with E-state index in [-0.39, 0.29) is 22.2 Å². The first-order valence-electron chi connectivity index (χ1n) is 7.44. The highest BCUT2D eigenvalue weighted by atomic mass is 32.2. The molecule has 2 heterocycles. The highest BCUT2D eigenvalue weighted by molar-refractivity contribution is 8.00. The number of alkyl halides is 3. The number of amides is 1. The van der Waals surface area contributed by atoms with E-state index in [1.54, 1.807) is 6.07 Å². The number of fused-ring (bicyclic) bond motifs is 1. The van der Waals surface area contributed by atoms with E-state index in [0.717, 1.165) is 16.0 Å². The first-order valence-corrected chi connectivity index (χ1v) is 9.07. The number of nitrogens with zero attached hydrogens (tertiary/aromatic N) is 2. The Bertz CT molecular complexity index is 1010. The van der Waals surface area contributed by atoms with E-state index in [4.69, 9.17) is 0 Å². The molecule has 0 saturated heterocycles. The summed E-state index contributed by atoms with van der Waals surface area (Å²) in [7, 11) is 0. The third-order valence-corrected chi connectivity index (χ3v) is 5.35. The summed E-state index contributed by atoms with van der Waals surface area (Å²) in [4.78, 5) is 30.4. The minimum Gasteiger partial charge on any atom is -0.267 e. The molecule has 1 amide bonds. The van der Waals surface area contributed by atoms with Gasteiger partial charge in [0.1, 0.15) is 11.2 Å². The molecule has 0 saturated carbocycles. The Kier molecular flexibility index (Phi) is 5.05. The van der Waals surface area contributed by atoms with Crippen LogP contribution in [0.2, 0.25) is 0 Å². The van der Waals surface area contributed by atoms with Crippen molar-refractivity contribution in [2.45, 2.75) is 23.7 Å². The Morgan fingerprint density at radius 3 is 2.62 bits per heavy atom. The zero-order chi connectivity index (χ0) is 18.9. The molecule has 136 valence electrons. The summed E-state index contributed by atoms with van der Waals surface area (Å²) in [5, 5.41) is 0.409. The van der Waals surface area contributed by atoms with Crippen molar-refractivity contribution in [3.8, 4) is 0 Å². The number of hydrogen-bond acceptors (Lipinski definition) is 5. The normalized spacial score (nSPS) is 11.7. The third-order valence-electron chi connectivity index (χ3n) is 3.42. The lowest BCUT2D eigenvalue weighted by Crippen LogP contribution is -2.32. The molecule has 26 heavy (non-hydrogen) atoms. The van der Waals surface area contributed by atoms with Crippen LogP contribution in [-0.2, 0) is 6.42 Å². The first-order chi connectivity index (χ1) is 12.3. The van der Waals surface area contributed by atoms with Crippen molar-refractivity contribution in [2.75, 3.05) is 5.43 Å². The summed E-state index contributed by atoms with van der Waals surface area (Å²) < 4.78 is 37.9. The zero-order valence-corrected chi connectivity index (χ0v) is 15.0. The number of rotatable bonds is 4. The van der Waals surface area contributed by atoms with E-state index in [2.05, 4.69) is 10.4 Å². The minimum absolute atomic E-state index is 0.0281. The fourth-order valence-corrected chi connectivity index (χ4v) is 3.67. The Morgan fingerprint density at radius 2 is 2.00 bits per heavy atom. The van der Waals surface area contributed by atoms with E-state index < -0.39 is 17.0 Å². The van der Waals surface area contributed by atoms with E-state index in [1.807, 2.05) is 6.92 Å². The number of carbonyl (C=O) groups excluding carboxylic acids is 1. The van der Waals surface area contributed by atoms with Gasteiger partial charge in [0.05, 0.1) is 5.39 Å². The lowest BCUT2D eigenvalue weighted by molar-refractivity contribution is -0.0328. The fourth-order valence-electron chi connectivity index (χ4n) is 2.21. The maximum atomic E-state index is 12.4. The van der Waals surface area contributed by atoms with Gasteiger partial charge in [0.15, 0.2) is 0 Å². The second kappa shape index (κ2) is 7.12. The number of carbonyl (C=O) groups is 1. The average molecular weight is 399 g/mol. The van der Waals surface area contributed by atoms with Crippen LogP contribution in [0.5, 0.6) is 0 Å². The number of aromatic nitrogens is 2. The van der Waals surface area contributed by atoms with Crippen molar-refractivity contribution >= 4 is 39.2 Å². The maximum Gasteiger partial charge on any atom is 0.446 e. The summed E-state index contributed by atoms with van der Waals surface area (Å²) in [6.07, 6.45) is 1.99. The number of nitrogens with one attached hydrogen (secondary N) is 1. The van der Waals surface area contributed by atoms with Crippen LogP contribution < -0.4 is 11.0 Å². The van der Waals surface area contributed by atoms with Crippen LogP contribution in [0.4, 0.5) is 13.2 Å². The molecule has 0 unspecified atom stereocenters. The monoisotopic (exact) mass is 399 g/mol. The SMILES string of the molecule is CCc1cc2c(=O)n(NC(=O)c3ccc(SC(F)(F)F)cc3)cnc2s1. The van der Waals surface area contributed by atoms with Crippen LogP contribution in [0, 0.1) is 0 Å². The molecule has 3 rings (SSSR count). The predicted molar refractivity (Wildman–Crippen MR) is 95.3 cm³/mol. The molecule has 10 heteroatoms. The van der Waals surface area contributed by atoms with Gasteiger partial charge in [0.25, 0.3) is 11.5 Å². The molecule has 1 N–H and O–H groups in total. The van der Waals surface area contributed by atoms with Gasteiger partial charge in [-0.1, -0.05) is 6.92 Å². The molecule has 0 fully saturated rings. The van der Waals surface area contributed by atoms with E-state index >= 15 is 0 Å². The molecule has 0 bridgehead atoms. The largest absolute Gasteiger partial charge is 0.446 e. The summed E-state index contributed by atoms with van der Waals surface area (Å²) in [6, 6.07) is 6.66. The Balaban J connectivity index is 1.80. The van der Waals surface area contributed by atoms with E-state index in [0.29, 0.717) is 10.2 Å². The van der Waals surface area contributed by atoms with Crippen molar-refractivity contribution in [1.29, 1.82) is 0 Å². The van der Waals surface area contributed by atoms with Gasteiger partial charge in [-0.2, -0.15) is 13.2 Å². The van der Waals surface area contributed by atoms with Crippen LogP contribution in [-0.4, -0.2) is 21.1 Å². The number of thioether (sulfide) groups is 1. The minimum atomic E-state index is -4.39. The molecule has 0 aliphatic carbocycles. The van der Waals surface area contributed by atoms with Crippen molar-refractivity contribution in [3.63, 3.8) is 0 Å². The molecular weight excluding hydrogens is 387 g/mol. The van der Waals surface area contributed by atoms with Crippen molar-refractivity contribution < 1.29 is 18.0 Å². The Morgan fingerprint density at radius 1 is 1.31 bits per heavy atom. The third kappa shape index (κ3) is 4.07.